The van der Waals surface area contributed by atoms with Crippen LogP contribution in [0.3, 0.4) is 0 Å². The number of hydrogen-bond acceptors (Lipinski definition) is 4. The number of nitrogens with zero attached hydrogens (tertiary/aromatic N) is 3. The Morgan fingerprint density at radius 3 is 2.88 bits per heavy atom. The van der Waals surface area contributed by atoms with Crippen molar-refractivity contribution < 1.29 is 0 Å². The van der Waals surface area contributed by atoms with Crippen molar-refractivity contribution in [2.75, 3.05) is 20.1 Å². The minimum Gasteiger partial charge on any atom is -0.315 e. The molecule has 0 amide bonds. The topological polar surface area (TPSA) is 41.1 Å². The molecule has 0 spiro atoms. The lowest BCUT2D eigenvalue weighted by Crippen LogP contribution is -2.35. The van der Waals surface area contributed by atoms with Gasteiger partial charge in [-0.25, -0.2) is 0 Å². The molecule has 1 aliphatic rings. The van der Waals surface area contributed by atoms with Gasteiger partial charge in [-0.2, -0.15) is 0 Å². The van der Waals surface area contributed by atoms with Crippen LogP contribution in [0.15, 0.2) is 18.6 Å². The van der Waals surface area contributed by atoms with Crippen LogP contribution in [-0.4, -0.2) is 41.0 Å². The van der Waals surface area contributed by atoms with Crippen molar-refractivity contribution in [3.63, 3.8) is 0 Å². The fourth-order valence-corrected chi connectivity index (χ4v) is 2.04. The Kier molecular flexibility index (Phi) is 5.12. The first-order valence-electron chi connectivity index (χ1n) is 5.47. The summed E-state index contributed by atoms with van der Waals surface area (Å²) < 4.78 is 0. The van der Waals surface area contributed by atoms with Gasteiger partial charge in [-0.3, -0.25) is 14.9 Å². The third kappa shape index (κ3) is 2.90. The third-order valence-electron chi connectivity index (χ3n) is 3.23. The summed E-state index contributed by atoms with van der Waals surface area (Å²) in [5, 5.41) is 3.38. The molecule has 0 bridgehead atoms. The van der Waals surface area contributed by atoms with Gasteiger partial charge in [0.2, 0.25) is 0 Å². The Balaban J connectivity index is 0.00000128. The maximum absolute atomic E-state index is 4.35. The van der Waals surface area contributed by atoms with E-state index in [9.17, 15) is 0 Å². The van der Waals surface area contributed by atoms with Gasteiger partial charge in [0, 0.05) is 31.2 Å². The zero-order chi connectivity index (χ0) is 10.7. The molecule has 1 aromatic heterocycles. The number of likely N-dealkylation sites (N-methyl/N-ethyl adjacent to an activating group) is 1. The summed E-state index contributed by atoms with van der Waals surface area (Å²) in [5.74, 6) is 0. The molecule has 0 aliphatic carbocycles. The molecule has 0 aromatic carbocycles. The SMILES string of the molecule is CC(c1cnccn1)N(C)C1CCNC1.Cl. The van der Waals surface area contributed by atoms with Gasteiger partial charge >= 0.3 is 0 Å². The van der Waals surface area contributed by atoms with Crippen molar-refractivity contribution in [1.82, 2.24) is 20.2 Å². The highest BCUT2D eigenvalue weighted by Crippen LogP contribution is 2.20. The molecule has 16 heavy (non-hydrogen) atoms. The van der Waals surface area contributed by atoms with Gasteiger partial charge in [-0.15, -0.1) is 12.4 Å². The van der Waals surface area contributed by atoms with E-state index in [0.29, 0.717) is 12.1 Å². The molecule has 4 nitrogen and oxygen atoms in total. The number of nitrogens with one attached hydrogen (secondary N) is 1. The van der Waals surface area contributed by atoms with Crippen molar-refractivity contribution in [2.24, 2.45) is 0 Å². The highest BCUT2D eigenvalue weighted by molar-refractivity contribution is 5.85. The third-order valence-corrected chi connectivity index (χ3v) is 3.23. The molecule has 5 heteroatoms. The predicted octanol–water partition coefficient (Wildman–Crippen LogP) is 1.25. The molecule has 2 atom stereocenters. The summed E-state index contributed by atoms with van der Waals surface area (Å²) in [6.07, 6.45) is 6.55. The highest BCUT2D eigenvalue weighted by Gasteiger charge is 2.24. The van der Waals surface area contributed by atoms with Crippen molar-refractivity contribution in [2.45, 2.75) is 25.4 Å². The fraction of sp³-hybridized carbons (Fsp3) is 0.636. The van der Waals surface area contributed by atoms with E-state index in [-0.39, 0.29) is 12.4 Å². The first-order chi connectivity index (χ1) is 7.29. The zero-order valence-corrected chi connectivity index (χ0v) is 10.6. The Labute approximate surface area is 103 Å². The second-order valence-corrected chi connectivity index (χ2v) is 4.12. The molecule has 2 heterocycles. The summed E-state index contributed by atoms with van der Waals surface area (Å²) in [7, 11) is 2.16. The molecule has 0 radical (unpaired) electrons. The minimum atomic E-state index is 0. The van der Waals surface area contributed by atoms with Gasteiger partial charge in [-0.1, -0.05) is 0 Å². The number of aromatic nitrogens is 2. The van der Waals surface area contributed by atoms with E-state index in [1.54, 1.807) is 12.4 Å². The Morgan fingerprint density at radius 2 is 2.31 bits per heavy atom. The Morgan fingerprint density at radius 1 is 1.50 bits per heavy atom. The second kappa shape index (κ2) is 6.13. The van der Waals surface area contributed by atoms with Crippen molar-refractivity contribution in [3.8, 4) is 0 Å². The molecule has 1 aliphatic heterocycles. The van der Waals surface area contributed by atoms with E-state index in [0.717, 1.165) is 18.8 Å². The quantitative estimate of drug-likeness (QED) is 0.867. The average molecular weight is 243 g/mol. The van der Waals surface area contributed by atoms with Crippen molar-refractivity contribution in [1.29, 1.82) is 0 Å². The lowest BCUT2D eigenvalue weighted by atomic mass is 10.1. The normalized spacial score (nSPS) is 21.8. The molecular formula is C11H19ClN4. The van der Waals surface area contributed by atoms with E-state index in [1.165, 1.54) is 6.42 Å². The van der Waals surface area contributed by atoms with Gasteiger partial charge in [0.1, 0.15) is 0 Å². The van der Waals surface area contributed by atoms with Crippen LogP contribution in [-0.2, 0) is 0 Å². The van der Waals surface area contributed by atoms with E-state index in [1.807, 2.05) is 6.20 Å². The monoisotopic (exact) mass is 242 g/mol. The number of hydrogen-bond donors (Lipinski definition) is 1. The molecule has 2 rings (SSSR count). The van der Waals surface area contributed by atoms with E-state index >= 15 is 0 Å². The standard InChI is InChI=1S/C11H18N4.ClH/c1-9(11-8-13-5-6-14-11)15(2)10-3-4-12-7-10;/h5-6,8-10,12H,3-4,7H2,1-2H3;1H. The Bertz CT molecular complexity index is 300. The zero-order valence-electron chi connectivity index (χ0n) is 9.76. The van der Waals surface area contributed by atoms with Gasteiger partial charge in [0.05, 0.1) is 11.7 Å². The predicted molar refractivity (Wildman–Crippen MR) is 66.7 cm³/mol. The molecule has 0 saturated carbocycles. The van der Waals surface area contributed by atoms with E-state index in [2.05, 4.69) is 34.2 Å². The minimum absolute atomic E-state index is 0. The lowest BCUT2D eigenvalue weighted by Gasteiger charge is -2.29. The summed E-state index contributed by atoms with van der Waals surface area (Å²) in [5.41, 5.74) is 1.05. The van der Waals surface area contributed by atoms with Crippen LogP contribution in [0.25, 0.3) is 0 Å². The van der Waals surface area contributed by atoms with Crippen molar-refractivity contribution >= 4 is 12.4 Å². The summed E-state index contributed by atoms with van der Waals surface area (Å²) in [6.45, 7) is 4.39. The number of rotatable bonds is 3. The van der Waals surface area contributed by atoms with Gasteiger partial charge in [-0.05, 0) is 26.9 Å². The van der Waals surface area contributed by atoms with Crippen LogP contribution in [0.2, 0.25) is 0 Å². The smallest absolute Gasteiger partial charge is 0.0755 e. The highest BCUT2D eigenvalue weighted by atomic mass is 35.5. The van der Waals surface area contributed by atoms with Crippen LogP contribution >= 0.6 is 12.4 Å². The molecule has 2 unspecified atom stereocenters. The maximum atomic E-state index is 4.35. The van der Waals surface area contributed by atoms with Crippen LogP contribution in [0.1, 0.15) is 25.1 Å². The molecule has 1 N–H and O–H groups in total. The van der Waals surface area contributed by atoms with Gasteiger partial charge in [0.15, 0.2) is 0 Å². The second-order valence-electron chi connectivity index (χ2n) is 4.12. The van der Waals surface area contributed by atoms with E-state index < -0.39 is 0 Å². The number of halogens is 1. The summed E-state index contributed by atoms with van der Waals surface area (Å²) >= 11 is 0. The first-order valence-corrected chi connectivity index (χ1v) is 5.47. The molecule has 1 aromatic rings. The molecule has 1 saturated heterocycles. The fourth-order valence-electron chi connectivity index (χ4n) is 2.04. The first kappa shape index (κ1) is 13.4. The Hall–Kier alpha value is -0.710. The van der Waals surface area contributed by atoms with Crippen LogP contribution in [0.4, 0.5) is 0 Å². The summed E-state index contributed by atoms with van der Waals surface area (Å²) in [4.78, 5) is 10.8. The molecular weight excluding hydrogens is 224 g/mol. The molecule has 90 valence electrons. The van der Waals surface area contributed by atoms with E-state index in [4.69, 9.17) is 0 Å². The average Bonchev–Trinajstić information content (AvgIpc) is 2.82. The van der Waals surface area contributed by atoms with Crippen molar-refractivity contribution in [3.05, 3.63) is 24.3 Å². The largest absolute Gasteiger partial charge is 0.315 e. The molecule has 1 fully saturated rings. The lowest BCUT2D eigenvalue weighted by molar-refractivity contribution is 0.193. The summed E-state index contributed by atoms with van der Waals surface area (Å²) in [6, 6.07) is 0.964. The van der Waals surface area contributed by atoms with Crippen LogP contribution in [0, 0.1) is 0 Å². The van der Waals surface area contributed by atoms with Gasteiger partial charge in [0.25, 0.3) is 0 Å². The van der Waals surface area contributed by atoms with Crippen LogP contribution < -0.4 is 5.32 Å². The maximum Gasteiger partial charge on any atom is 0.0755 e. The van der Waals surface area contributed by atoms with Gasteiger partial charge < -0.3 is 5.32 Å². The van der Waals surface area contributed by atoms with Crippen LogP contribution in [0.5, 0.6) is 0 Å².